The van der Waals surface area contributed by atoms with Gasteiger partial charge >= 0.3 is 0 Å². The summed E-state index contributed by atoms with van der Waals surface area (Å²) in [6.07, 6.45) is 2.91. The number of fused-ring (bicyclic) bond motifs is 2. The van der Waals surface area contributed by atoms with Crippen molar-refractivity contribution in [3.8, 4) is 0 Å². The van der Waals surface area contributed by atoms with E-state index in [-0.39, 0.29) is 11.6 Å². The SMILES string of the molecule is CC(=O)c1cc(C)c(CCCc2c(C)cc(C(C)=O)c3ccccc23)c2ccccc12. The third kappa shape index (κ3) is 3.90. The lowest BCUT2D eigenvalue weighted by Gasteiger charge is -2.16. The number of Topliss-reactive ketones (excluding diaryl/α,β-unsaturated/α-hetero) is 2. The van der Waals surface area contributed by atoms with Gasteiger partial charge in [0.2, 0.25) is 0 Å². The number of ketones is 2. The van der Waals surface area contributed by atoms with Crippen LogP contribution in [0.15, 0.2) is 60.7 Å². The molecule has 4 rings (SSSR count). The highest BCUT2D eigenvalue weighted by atomic mass is 16.1. The van der Waals surface area contributed by atoms with Gasteiger partial charge < -0.3 is 0 Å². The van der Waals surface area contributed by atoms with Crippen LogP contribution in [0.25, 0.3) is 21.5 Å². The van der Waals surface area contributed by atoms with Crippen molar-refractivity contribution in [2.45, 2.75) is 47.0 Å². The van der Waals surface area contributed by atoms with Crippen molar-refractivity contribution >= 4 is 33.1 Å². The molecule has 0 atom stereocenters. The van der Waals surface area contributed by atoms with E-state index in [2.05, 4.69) is 26.0 Å². The molecule has 0 bridgehead atoms. The van der Waals surface area contributed by atoms with Crippen molar-refractivity contribution < 1.29 is 9.59 Å². The largest absolute Gasteiger partial charge is 0.294 e. The van der Waals surface area contributed by atoms with E-state index >= 15 is 0 Å². The number of carbonyl (C=O) groups excluding carboxylic acids is 2. The quantitative estimate of drug-likeness (QED) is 0.316. The normalized spacial score (nSPS) is 11.2. The Labute approximate surface area is 183 Å². The van der Waals surface area contributed by atoms with E-state index in [1.165, 1.54) is 33.0 Å². The summed E-state index contributed by atoms with van der Waals surface area (Å²) in [6, 6.07) is 20.5. The molecular formula is C29H28O2. The molecule has 0 N–H and O–H groups in total. The monoisotopic (exact) mass is 408 g/mol. The minimum Gasteiger partial charge on any atom is -0.294 e. The van der Waals surface area contributed by atoms with E-state index in [0.717, 1.165) is 41.2 Å². The lowest BCUT2D eigenvalue weighted by atomic mass is 9.88. The van der Waals surface area contributed by atoms with E-state index in [4.69, 9.17) is 0 Å². The molecule has 0 aromatic heterocycles. The molecule has 0 fully saturated rings. The Balaban J connectivity index is 1.69. The van der Waals surface area contributed by atoms with Crippen LogP contribution in [-0.2, 0) is 12.8 Å². The summed E-state index contributed by atoms with van der Waals surface area (Å²) in [4.78, 5) is 24.3. The number of hydrogen-bond donors (Lipinski definition) is 0. The van der Waals surface area contributed by atoms with Crippen molar-refractivity contribution in [3.05, 3.63) is 94.0 Å². The Bertz CT molecular complexity index is 1220. The molecule has 0 aliphatic heterocycles. The first-order valence-corrected chi connectivity index (χ1v) is 10.9. The third-order valence-electron chi connectivity index (χ3n) is 6.37. The van der Waals surface area contributed by atoms with Crippen molar-refractivity contribution in [2.75, 3.05) is 0 Å². The van der Waals surface area contributed by atoms with Gasteiger partial charge in [-0.2, -0.15) is 0 Å². The first-order chi connectivity index (χ1) is 14.9. The lowest BCUT2D eigenvalue weighted by molar-refractivity contribution is 0.101. The number of rotatable bonds is 6. The van der Waals surface area contributed by atoms with Gasteiger partial charge in [-0.3, -0.25) is 9.59 Å². The van der Waals surface area contributed by atoms with Crippen LogP contribution < -0.4 is 0 Å². The second-order valence-electron chi connectivity index (χ2n) is 8.50. The highest BCUT2D eigenvalue weighted by Gasteiger charge is 2.14. The third-order valence-corrected chi connectivity index (χ3v) is 6.37. The van der Waals surface area contributed by atoms with Crippen LogP contribution in [0.1, 0.15) is 63.2 Å². The van der Waals surface area contributed by atoms with Gasteiger partial charge in [-0.15, -0.1) is 0 Å². The zero-order chi connectivity index (χ0) is 22.1. The van der Waals surface area contributed by atoms with E-state index in [1.807, 2.05) is 48.5 Å². The van der Waals surface area contributed by atoms with Crippen LogP contribution in [-0.4, -0.2) is 11.6 Å². The van der Waals surface area contributed by atoms with Gasteiger partial charge in [0.15, 0.2) is 11.6 Å². The number of hydrogen-bond acceptors (Lipinski definition) is 2. The average molecular weight is 409 g/mol. The van der Waals surface area contributed by atoms with Crippen molar-refractivity contribution in [1.82, 2.24) is 0 Å². The molecule has 0 saturated heterocycles. The molecular weight excluding hydrogens is 380 g/mol. The molecule has 156 valence electrons. The number of benzene rings is 4. The minimum absolute atomic E-state index is 0.110. The first-order valence-electron chi connectivity index (χ1n) is 10.9. The molecule has 0 radical (unpaired) electrons. The molecule has 2 nitrogen and oxygen atoms in total. The molecule has 2 heteroatoms. The molecule has 0 spiro atoms. The molecule has 0 aliphatic rings. The van der Waals surface area contributed by atoms with Gasteiger partial charge in [0, 0.05) is 11.1 Å². The topological polar surface area (TPSA) is 34.1 Å². The van der Waals surface area contributed by atoms with Gasteiger partial charge in [-0.05, 0) is 103 Å². The van der Waals surface area contributed by atoms with Crippen LogP contribution in [0.5, 0.6) is 0 Å². The highest BCUT2D eigenvalue weighted by Crippen LogP contribution is 2.30. The van der Waals surface area contributed by atoms with E-state index < -0.39 is 0 Å². The lowest BCUT2D eigenvalue weighted by Crippen LogP contribution is -2.02. The maximum absolute atomic E-state index is 12.1. The maximum atomic E-state index is 12.1. The fourth-order valence-electron chi connectivity index (χ4n) is 4.84. The summed E-state index contributed by atoms with van der Waals surface area (Å²) >= 11 is 0. The molecule has 4 aromatic rings. The average Bonchev–Trinajstić information content (AvgIpc) is 2.75. The Morgan fingerprint density at radius 1 is 0.613 bits per heavy atom. The van der Waals surface area contributed by atoms with Crippen molar-refractivity contribution in [1.29, 1.82) is 0 Å². The highest BCUT2D eigenvalue weighted by molar-refractivity contribution is 6.09. The van der Waals surface area contributed by atoms with Crippen molar-refractivity contribution in [3.63, 3.8) is 0 Å². The molecule has 0 unspecified atom stereocenters. The number of carbonyl (C=O) groups is 2. The summed E-state index contributed by atoms with van der Waals surface area (Å²) in [5.41, 5.74) is 6.61. The van der Waals surface area contributed by atoms with Crippen LogP contribution in [0.3, 0.4) is 0 Å². The van der Waals surface area contributed by atoms with Gasteiger partial charge in [0.05, 0.1) is 0 Å². The Kier molecular flexibility index (Phi) is 5.73. The van der Waals surface area contributed by atoms with E-state index in [1.54, 1.807) is 13.8 Å². The molecule has 0 aliphatic carbocycles. The second-order valence-corrected chi connectivity index (χ2v) is 8.50. The van der Waals surface area contributed by atoms with E-state index in [0.29, 0.717) is 0 Å². The zero-order valence-electron chi connectivity index (χ0n) is 18.7. The predicted molar refractivity (Wildman–Crippen MR) is 129 cm³/mol. The van der Waals surface area contributed by atoms with Crippen LogP contribution in [0, 0.1) is 13.8 Å². The summed E-state index contributed by atoms with van der Waals surface area (Å²) < 4.78 is 0. The number of aryl methyl sites for hydroxylation is 4. The van der Waals surface area contributed by atoms with Gasteiger partial charge in [-0.1, -0.05) is 48.5 Å². The summed E-state index contributed by atoms with van der Waals surface area (Å²) in [6.45, 7) is 7.49. The van der Waals surface area contributed by atoms with Crippen LogP contribution in [0.4, 0.5) is 0 Å². The Hall–Kier alpha value is -3.26. The fraction of sp³-hybridized carbons (Fsp3) is 0.241. The molecule has 31 heavy (non-hydrogen) atoms. The first kappa shape index (κ1) is 21.0. The zero-order valence-corrected chi connectivity index (χ0v) is 18.7. The predicted octanol–water partition coefficient (Wildman–Crippen LogP) is 7.19. The Morgan fingerprint density at radius 2 is 0.968 bits per heavy atom. The van der Waals surface area contributed by atoms with E-state index in [9.17, 15) is 9.59 Å². The summed E-state index contributed by atoms with van der Waals surface area (Å²) in [5.74, 6) is 0.219. The second kappa shape index (κ2) is 8.47. The Morgan fingerprint density at radius 3 is 1.32 bits per heavy atom. The van der Waals surface area contributed by atoms with Gasteiger partial charge in [-0.25, -0.2) is 0 Å². The minimum atomic E-state index is 0.110. The van der Waals surface area contributed by atoms with Crippen LogP contribution in [0.2, 0.25) is 0 Å². The maximum Gasteiger partial charge on any atom is 0.160 e. The standard InChI is InChI=1S/C29H28O2/c1-18-16-28(20(3)30)26-12-7-5-10-24(26)22(18)14-9-15-23-19(2)17-29(21(4)31)27-13-8-6-11-25(23)27/h5-8,10-13,16-17H,9,14-15H2,1-4H3. The summed E-state index contributed by atoms with van der Waals surface area (Å²) in [7, 11) is 0. The fourth-order valence-corrected chi connectivity index (χ4v) is 4.84. The molecule has 0 saturated carbocycles. The molecule has 0 amide bonds. The van der Waals surface area contributed by atoms with Gasteiger partial charge in [0.25, 0.3) is 0 Å². The molecule has 4 aromatic carbocycles. The van der Waals surface area contributed by atoms with Crippen LogP contribution >= 0.6 is 0 Å². The smallest absolute Gasteiger partial charge is 0.160 e. The summed E-state index contributed by atoms with van der Waals surface area (Å²) in [5, 5.41) is 4.45. The molecule has 0 heterocycles. The van der Waals surface area contributed by atoms with Gasteiger partial charge in [0.1, 0.15) is 0 Å². The van der Waals surface area contributed by atoms with Crippen molar-refractivity contribution in [2.24, 2.45) is 0 Å².